The Morgan fingerprint density at radius 2 is 2.05 bits per heavy atom. The van der Waals surface area contributed by atoms with Crippen LogP contribution in [0.2, 0.25) is 0 Å². The fraction of sp³-hybridized carbons (Fsp3) is 0.462. The first-order valence-corrected chi connectivity index (χ1v) is 6.02. The Hall–Kier alpha value is -1.56. The molecule has 2 N–H and O–H groups in total. The van der Waals surface area contributed by atoms with Crippen LogP contribution in [0.15, 0.2) is 24.3 Å². The van der Waals surface area contributed by atoms with Crippen LogP contribution in [0.1, 0.15) is 30.4 Å². The molecule has 1 aliphatic heterocycles. The van der Waals surface area contributed by atoms with Gasteiger partial charge in [0.1, 0.15) is 5.54 Å². The van der Waals surface area contributed by atoms with Gasteiger partial charge in [0.05, 0.1) is 5.56 Å². The Labute approximate surface area is 108 Å². The quantitative estimate of drug-likeness (QED) is 0.871. The molecule has 2 rings (SSSR count). The first-order chi connectivity index (χ1) is 8.86. The van der Waals surface area contributed by atoms with Gasteiger partial charge in [0, 0.05) is 0 Å². The van der Waals surface area contributed by atoms with Gasteiger partial charge >= 0.3 is 12.1 Å². The first kappa shape index (κ1) is 13.9. The molecular formula is C13H14F3NO2. The van der Waals surface area contributed by atoms with E-state index in [1.807, 2.05) is 0 Å². The van der Waals surface area contributed by atoms with E-state index in [4.69, 9.17) is 0 Å². The number of nitrogens with one attached hydrogen (secondary N) is 1. The second-order valence-electron chi connectivity index (χ2n) is 4.67. The molecule has 1 unspecified atom stereocenters. The number of halogens is 3. The van der Waals surface area contributed by atoms with E-state index >= 15 is 0 Å². The number of carboxylic acid groups (broad SMARTS) is 1. The van der Waals surface area contributed by atoms with Gasteiger partial charge in [0.15, 0.2) is 0 Å². The lowest BCUT2D eigenvalue weighted by molar-refractivity contribution is -0.147. The molecule has 104 valence electrons. The summed E-state index contributed by atoms with van der Waals surface area (Å²) in [5.74, 6) is -1.13. The van der Waals surface area contributed by atoms with Gasteiger partial charge in [-0.3, -0.25) is 5.32 Å². The summed E-state index contributed by atoms with van der Waals surface area (Å²) in [6.07, 6.45) is -2.67. The number of hydrogen-bond donors (Lipinski definition) is 2. The second kappa shape index (κ2) is 4.85. The molecule has 3 nitrogen and oxygen atoms in total. The van der Waals surface area contributed by atoms with Crippen molar-refractivity contribution in [3.8, 4) is 0 Å². The van der Waals surface area contributed by atoms with Crippen LogP contribution < -0.4 is 5.32 Å². The SMILES string of the molecule is O=C(O)C1(c2cccc(C(F)(F)F)c2)CCCCN1. The zero-order valence-corrected chi connectivity index (χ0v) is 10.1. The number of alkyl halides is 3. The number of carboxylic acids is 1. The number of piperidine rings is 1. The molecule has 1 aliphatic rings. The highest BCUT2D eigenvalue weighted by molar-refractivity contribution is 5.81. The fourth-order valence-electron chi connectivity index (χ4n) is 2.42. The topological polar surface area (TPSA) is 49.3 Å². The molecule has 19 heavy (non-hydrogen) atoms. The fourth-order valence-corrected chi connectivity index (χ4v) is 2.42. The number of hydrogen-bond acceptors (Lipinski definition) is 2. The molecule has 6 heteroatoms. The molecule has 0 saturated carbocycles. The van der Waals surface area contributed by atoms with Crippen molar-refractivity contribution in [3.63, 3.8) is 0 Å². The third-order valence-electron chi connectivity index (χ3n) is 3.45. The number of carbonyl (C=O) groups is 1. The van der Waals surface area contributed by atoms with E-state index in [0.29, 0.717) is 19.4 Å². The van der Waals surface area contributed by atoms with Gasteiger partial charge in [0.25, 0.3) is 0 Å². The minimum absolute atomic E-state index is 0.162. The predicted octanol–water partition coefficient (Wildman–Crippen LogP) is 2.76. The van der Waals surface area contributed by atoms with Gasteiger partial charge in [-0.1, -0.05) is 12.1 Å². The van der Waals surface area contributed by atoms with E-state index in [9.17, 15) is 23.1 Å². The standard InChI is InChI=1S/C13H14F3NO2/c14-13(15,16)10-5-3-4-9(8-10)12(11(18)19)6-1-2-7-17-12/h3-5,8,17H,1-2,6-7H2,(H,18,19). The highest BCUT2D eigenvalue weighted by atomic mass is 19.4. The highest BCUT2D eigenvalue weighted by Crippen LogP contribution is 2.35. The summed E-state index contributed by atoms with van der Waals surface area (Å²) in [5, 5.41) is 12.3. The van der Waals surface area contributed by atoms with Crippen molar-refractivity contribution in [1.82, 2.24) is 5.32 Å². The number of benzene rings is 1. The van der Waals surface area contributed by atoms with Crippen molar-refractivity contribution in [1.29, 1.82) is 0 Å². The van der Waals surface area contributed by atoms with Crippen LogP contribution in [-0.2, 0) is 16.5 Å². The molecule has 0 amide bonds. The molecule has 1 aromatic carbocycles. The normalized spacial score (nSPS) is 24.2. The van der Waals surface area contributed by atoms with Crippen molar-refractivity contribution >= 4 is 5.97 Å². The lowest BCUT2D eigenvalue weighted by atomic mass is 9.81. The number of rotatable bonds is 2. The summed E-state index contributed by atoms with van der Waals surface area (Å²) in [6, 6.07) is 4.55. The van der Waals surface area contributed by atoms with Gasteiger partial charge < -0.3 is 5.11 Å². The molecule has 1 heterocycles. The molecule has 0 spiro atoms. The number of aliphatic carboxylic acids is 1. The summed E-state index contributed by atoms with van der Waals surface area (Å²) in [5.41, 5.74) is -2.06. The molecule has 0 aliphatic carbocycles. The average molecular weight is 273 g/mol. The molecule has 1 fully saturated rings. The molecule has 0 bridgehead atoms. The summed E-state index contributed by atoms with van der Waals surface area (Å²) < 4.78 is 38.1. The largest absolute Gasteiger partial charge is 0.480 e. The minimum atomic E-state index is -4.47. The minimum Gasteiger partial charge on any atom is -0.480 e. The van der Waals surface area contributed by atoms with E-state index in [0.717, 1.165) is 18.6 Å². The van der Waals surface area contributed by atoms with E-state index in [1.54, 1.807) is 0 Å². The summed E-state index contributed by atoms with van der Waals surface area (Å²) >= 11 is 0. The van der Waals surface area contributed by atoms with E-state index in [2.05, 4.69) is 5.32 Å². The zero-order valence-electron chi connectivity index (χ0n) is 10.1. The Kier molecular flexibility index (Phi) is 3.54. The lowest BCUT2D eigenvalue weighted by Crippen LogP contribution is -2.52. The van der Waals surface area contributed by atoms with Crippen molar-refractivity contribution in [2.24, 2.45) is 0 Å². The van der Waals surface area contributed by atoms with Gasteiger partial charge in [-0.15, -0.1) is 0 Å². The third-order valence-corrected chi connectivity index (χ3v) is 3.45. The summed E-state index contributed by atoms with van der Waals surface area (Å²) in [6.45, 7) is 0.489. The van der Waals surface area contributed by atoms with Gasteiger partial charge in [-0.25, -0.2) is 4.79 Å². The van der Waals surface area contributed by atoms with E-state index in [1.165, 1.54) is 12.1 Å². The van der Waals surface area contributed by atoms with Gasteiger partial charge in [0.2, 0.25) is 0 Å². The van der Waals surface area contributed by atoms with Crippen LogP contribution in [-0.4, -0.2) is 17.6 Å². The zero-order chi connectivity index (χ0) is 14.1. The predicted molar refractivity (Wildman–Crippen MR) is 62.6 cm³/mol. The maximum absolute atomic E-state index is 12.7. The Morgan fingerprint density at radius 1 is 1.32 bits per heavy atom. The molecule has 0 radical (unpaired) electrons. The maximum atomic E-state index is 12.7. The van der Waals surface area contributed by atoms with Crippen molar-refractivity contribution < 1.29 is 23.1 Å². The first-order valence-electron chi connectivity index (χ1n) is 6.02. The Bertz CT molecular complexity index is 479. The Balaban J connectivity index is 2.46. The lowest BCUT2D eigenvalue weighted by Gasteiger charge is -2.35. The van der Waals surface area contributed by atoms with Crippen LogP contribution in [0.3, 0.4) is 0 Å². The van der Waals surface area contributed by atoms with Crippen LogP contribution >= 0.6 is 0 Å². The highest BCUT2D eigenvalue weighted by Gasteiger charge is 2.42. The van der Waals surface area contributed by atoms with Crippen molar-refractivity contribution in [2.75, 3.05) is 6.54 Å². The molecule has 0 aromatic heterocycles. The van der Waals surface area contributed by atoms with Crippen LogP contribution in [0.5, 0.6) is 0 Å². The average Bonchev–Trinajstić information content (AvgIpc) is 2.38. The Morgan fingerprint density at radius 3 is 2.58 bits per heavy atom. The van der Waals surface area contributed by atoms with Crippen molar-refractivity contribution in [2.45, 2.75) is 31.0 Å². The molecular weight excluding hydrogens is 259 g/mol. The monoisotopic (exact) mass is 273 g/mol. The molecule has 1 saturated heterocycles. The van der Waals surface area contributed by atoms with E-state index < -0.39 is 23.2 Å². The van der Waals surface area contributed by atoms with Crippen LogP contribution in [0.4, 0.5) is 13.2 Å². The van der Waals surface area contributed by atoms with E-state index in [-0.39, 0.29) is 5.56 Å². The van der Waals surface area contributed by atoms with Crippen molar-refractivity contribution in [3.05, 3.63) is 35.4 Å². The van der Waals surface area contributed by atoms with Crippen LogP contribution in [0, 0.1) is 0 Å². The smallest absolute Gasteiger partial charge is 0.416 e. The molecule has 1 atom stereocenters. The molecule has 1 aromatic rings. The van der Waals surface area contributed by atoms with Crippen LogP contribution in [0.25, 0.3) is 0 Å². The maximum Gasteiger partial charge on any atom is 0.416 e. The summed E-state index contributed by atoms with van der Waals surface area (Å²) in [4.78, 5) is 11.5. The second-order valence-corrected chi connectivity index (χ2v) is 4.67. The third kappa shape index (κ3) is 2.58. The van der Waals surface area contributed by atoms with Gasteiger partial charge in [-0.2, -0.15) is 13.2 Å². The van der Waals surface area contributed by atoms with Gasteiger partial charge in [-0.05, 0) is 43.5 Å². The summed E-state index contributed by atoms with van der Waals surface area (Å²) in [7, 11) is 0.